The fraction of sp³-hybridized carbons (Fsp3) is 0.195. The Kier molecular flexibility index (Phi) is 15.0. The number of aliphatic hydroxyl groups excluding tert-OH is 1. The summed E-state index contributed by atoms with van der Waals surface area (Å²) in [5.74, 6) is 3.94. The van der Waals surface area contributed by atoms with Crippen LogP contribution in [0, 0.1) is 27.4 Å². The van der Waals surface area contributed by atoms with E-state index in [1.165, 1.54) is 60.8 Å². The number of anilines is 2. The van der Waals surface area contributed by atoms with Crippen molar-refractivity contribution in [2.24, 2.45) is 0 Å². The maximum Gasteiger partial charge on any atom is 0.492 e. The molecule has 26 nitrogen and oxygen atoms in total. The molecule has 0 radical (unpaired) electrons. The number of fused-ring (bicyclic) bond motifs is 2. The lowest BCUT2D eigenvalue weighted by Gasteiger charge is -2.21. The summed E-state index contributed by atoms with van der Waals surface area (Å²) in [6, 6.07) is 19.0. The van der Waals surface area contributed by atoms with Crippen LogP contribution in [0.3, 0.4) is 0 Å². The largest absolute Gasteiger partial charge is 0.492 e. The van der Waals surface area contributed by atoms with Crippen LogP contribution >= 0.6 is 23.5 Å². The standard InChI is InChI=1S/C41H38N7O19P3/c1-62-70(61,66-68(56,57)58)67-69(59,60)63-21-35-32(49)19-37(65-35)47-14-12-36(46-41(47)53)45-20-24-5-4-22(15-31(24)48(54)55)3-2-13-44-39(50)23-6-9-27(40(51)52)30(16-23)38-28-10-7-25(42)17-33(28)64-34-18-26(43)8-11-29(34)38/h4-12,14-18,32,35,37,42,49H,13,19-21,43H2,1H3,(H,44,50)(H,51,52)(H,59,60)(H,45,46,53)(H2,56,57,58)/t32-,35-,37-,70?/m1/s1. The molecule has 5 atom stereocenters. The van der Waals surface area contributed by atoms with E-state index in [9.17, 15) is 53.3 Å². The van der Waals surface area contributed by atoms with Crippen LogP contribution in [0.2, 0.25) is 0 Å². The van der Waals surface area contributed by atoms with Gasteiger partial charge in [0.2, 0.25) is 0 Å². The van der Waals surface area contributed by atoms with Crippen molar-refractivity contribution in [3.63, 3.8) is 0 Å². The van der Waals surface area contributed by atoms with E-state index in [4.69, 9.17) is 30.1 Å². The molecule has 366 valence electrons. The number of nitrogens with zero attached hydrogens (tertiary/aromatic N) is 3. The van der Waals surface area contributed by atoms with Crippen LogP contribution < -0.4 is 27.4 Å². The number of nitro benzene ring substituents is 1. The van der Waals surface area contributed by atoms with Crippen molar-refractivity contribution < 1.29 is 79.9 Å². The second-order valence-electron chi connectivity index (χ2n) is 14.9. The van der Waals surface area contributed by atoms with Gasteiger partial charge in [0, 0.05) is 83.4 Å². The first-order valence-corrected chi connectivity index (χ1v) is 24.5. The van der Waals surface area contributed by atoms with Crippen molar-refractivity contribution in [1.82, 2.24) is 14.9 Å². The van der Waals surface area contributed by atoms with Gasteiger partial charge in [0.25, 0.3) is 11.6 Å². The Balaban J connectivity index is 0.978. The Labute approximate surface area is 393 Å². The number of nitrogen functional groups attached to an aromatic ring is 1. The third-order valence-corrected chi connectivity index (χ3v) is 14.4. The first-order chi connectivity index (χ1) is 33.0. The second kappa shape index (κ2) is 20.6. The maximum atomic E-state index is 13.4. The van der Waals surface area contributed by atoms with Gasteiger partial charge in [-0.2, -0.15) is 13.6 Å². The molecule has 10 N–H and O–H groups in total. The van der Waals surface area contributed by atoms with Gasteiger partial charge in [-0.05, 0) is 66.2 Å². The molecule has 0 saturated carbocycles. The molecule has 7 rings (SSSR count). The number of hydrogen-bond acceptors (Lipinski definition) is 19. The molecule has 1 aromatic heterocycles. The fourth-order valence-electron chi connectivity index (χ4n) is 7.09. The minimum absolute atomic E-state index is 0.00863. The third kappa shape index (κ3) is 12.1. The first-order valence-electron chi connectivity index (χ1n) is 20.0. The van der Waals surface area contributed by atoms with Gasteiger partial charge in [-0.15, -0.1) is 0 Å². The number of phosphoric acid groups is 3. The van der Waals surface area contributed by atoms with Crippen LogP contribution in [0.25, 0.3) is 33.4 Å². The average Bonchev–Trinajstić information content (AvgIpc) is 3.66. The van der Waals surface area contributed by atoms with Crippen molar-refractivity contribution in [3.05, 3.63) is 133 Å². The molecule has 1 amide bonds. The van der Waals surface area contributed by atoms with Crippen molar-refractivity contribution in [3.8, 4) is 34.3 Å². The van der Waals surface area contributed by atoms with Gasteiger partial charge in [0.05, 0.1) is 35.1 Å². The molecule has 2 aliphatic heterocycles. The molecule has 3 aromatic carbocycles. The van der Waals surface area contributed by atoms with Crippen molar-refractivity contribution >= 4 is 63.5 Å². The van der Waals surface area contributed by atoms with Gasteiger partial charge < -0.3 is 55.8 Å². The number of ether oxygens (including phenoxy) is 1. The monoisotopic (exact) mass is 1030 g/mol. The molecule has 1 aliphatic carbocycles. The molecule has 3 heterocycles. The number of amides is 1. The molecule has 4 aromatic rings. The summed E-state index contributed by atoms with van der Waals surface area (Å²) in [6.45, 7) is -1.29. The normalized spacial score (nSPS) is 17.5. The number of carbonyl (C=O) groups excluding carboxylic acids is 1. The van der Waals surface area contributed by atoms with E-state index in [1.54, 1.807) is 24.3 Å². The number of aliphatic hydroxyl groups is 1. The minimum atomic E-state index is -5.52. The van der Waals surface area contributed by atoms with Gasteiger partial charge in [0.1, 0.15) is 29.5 Å². The summed E-state index contributed by atoms with van der Waals surface area (Å²) in [7, 11) is -15.6. The molecule has 1 fully saturated rings. The van der Waals surface area contributed by atoms with Gasteiger partial charge >= 0.3 is 35.1 Å². The van der Waals surface area contributed by atoms with E-state index in [0.29, 0.717) is 40.7 Å². The third-order valence-electron chi connectivity index (χ3n) is 10.2. The van der Waals surface area contributed by atoms with Crippen molar-refractivity contribution in [2.75, 3.05) is 31.3 Å². The van der Waals surface area contributed by atoms with Crippen LogP contribution in [0.15, 0.2) is 94.3 Å². The van der Waals surface area contributed by atoms with Crippen LogP contribution in [0.1, 0.15) is 44.5 Å². The van der Waals surface area contributed by atoms with E-state index in [2.05, 4.69) is 45.1 Å². The van der Waals surface area contributed by atoms with Crippen LogP contribution in [0.5, 0.6) is 0 Å². The van der Waals surface area contributed by atoms with Crippen LogP contribution in [0.4, 0.5) is 17.2 Å². The topological polar surface area (TPSA) is 398 Å². The van der Waals surface area contributed by atoms with Gasteiger partial charge in [-0.3, -0.25) is 28.5 Å². The zero-order valence-corrected chi connectivity index (χ0v) is 38.5. The Morgan fingerprint density at radius 3 is 2.50 bits per heavy atom. The summed E-state index contributed by atoms with van der Waals surface area (Å²) < 4.78 is 64.9. The summed E-state index contributed by atoms with van der Waals surface area (Å²) >= 11 is 0. The second-order valence-corrected chi connectivity index (χ2v) is 19.7. The predicted octanol–water partition coefficient (Wildman–Crippen LogP) is 4.47. The smallest absolute Gasteiger partial charge is 0.478 e. The summed E-state index contributed by atoms with van der Waals surface area (Å²) in [4.78, 5) is 81.8. The number of rotatable bonds is 17. The lowest BCUT2D eigenvalue weighted by Crippen LogP contribution is -2.28. The van der Waals surface area contributed by atoms with Gasteiger partial charge in [-0.25, -0.2) is 23.3 Å². The molecule has 0 spiro atoms. The van der Waals surface area contributed by atoms with Crippen LogP contribution in [-0.4, -0.2) is 83.7 Å². The molecular formula is C41H38N7O19P3. The number of carboxylic acid groups (broad SMARTS) is 1. The summed E-state index contributed by atoms with van der Waals surface area (Å²) in [6.07, 6.45) is -2.97. The minimum Gasteiger partial charge on any atom is -0.478 e. The van der Waals surface area contributed by atoms with Crippen LogP contribution in [-0.2, 0) is 42.6 Å². The molecule has 3 aliphatic rings. The first kappa shape index (κ1) is 50.9. The number of benzene rings is 4. The Hall–Kier alpha value is -6.94. The van der Waals surface area contributed by atoms with Gasteiger partial charge in [-0.1, -0.05) is 11.8 Å². The highest BCUT2D eigenvalue weighted by molar-refractivity contribution is 7.67. The molecule has 2 unspecified atom stereocenters. The predicted molar refractivity (Wildman–Crippen MR) is 243 cm³/mol. The molecule has 29 heteroatoms. The quantitative estimate of drug-likeness (QED) is 0.0152. The number of nitrogens with two attached hydrogens (primary N) is 1. The number of nitro groups is 1. The lowest BCUT2D eigenvalue weighted by molar-refractivity contribution is -0.385. The zero-order valence-electron chi connectivity index (χ0n) is 35.9. The number of hydrogen-bond donors (Lipinski definition) is 9. The fourth-order valence-corrected chi connectivity index (χ4v) is 10.6. The number of phosphoric ester groups is 1. The highest BCUT2D eigenvalue weighted by atomic mass is 31.3. The Morgan fingerprint density at radius 2 is 1.80 bits per heavy atom. The number of carboxylic acids is 1. The van der Waals surface area contributed by atoms with E-state index < -0.39 is 71.0 Å². The van der Waals surface area contributed by atoms with E-state index in [0.717, 1.165) is 4.57 Å². The van der Waals surface area contributed by atoms with E-state index in [1.807, 2.05) is 0 Å². The number of aromatic carboxylic acids is 1. The molecule has 0 bridgehead atoms. The van der Waals surface area contributed by atoms with Crippen molar-refractivity contribution in [1.29, 1.82) is 5.41 Å². The average molecular weight is 1030 g/mol. The highest BCUT2D eigenvalue weighted by Crippen LogP contribution is 2.68. The highest BCUT2D eigenvalue weighted by Gasteiger charge is 2.44. The Morgan fingerprint density at radius 1 is 1.03 bits per heavy atom. The zero-order chi connectivity index (χ0) is 50.7. The Bertz CT molecular complexity index is 3370. The molecule has 1 saturated heterocycles. The van der Waals surface area contributed by atoms with E-state index >= 15 is 0 Å². The lowest BCUT2D eigenvalue weighted by atomic mass is 9.89. The molecular weight excluding hydrogens is 987 g/mol. The number of aromatic nitrogens is 2. The van der Waals surface area contributed by atoms with Crippen molar-refractivity contribution in [2.45, 2.75) is 31.4 Å². The van der Waals surface area contributed by atoms with Gasteiger partial charge in [0.15, 0.2) is 0 Å². The molecule has 70 heavy (non-hydrogen) atoms. The SMILES string of the molecule is COP(=O)(OP(=O)(O)O)OP(=O)(O)OC[C@H]1O[C@@H](n2ccc(NCc3ccc(C#CCNC(=O)c4ccc(C(=O)O)c(-c5c6ccc(=N)cc-6oc6cc(N)ccc56)c4)cc3[N+](=O)[O-])nc2=O)C[C@H]1O. The summed E-state index contributed by atoms with van der Waals surface area (Å²) in [5, 5.41) is 46.9. The number of carbonyl (C=O) groups is 2. The number of nitrogens with one attached hydrogen (secondary N) is 3. The summed E-state index contributed by atoms with van der Waals surface area (Å²) in [5.41, 5.74) is 7.04. The maximum absolute atomic E-state index is 13.4. The van der Waals surface area contributed by atoms with E-state index in [-0.39, 0.29) is 64.2 Å².